The van der Waals surface area contributed by atoms with E-state index in [1.165, 1.54) is 11.1 Å². The molecule has 1 heterocycles. The van der Waals surface area contributed by atoms with Crippen molar-refractivity contribution in [3.63, 3.8) is 0 Å². The molecule has 7 nitrogen and oxygen atoms in total. The normalized spacial score (nSPS) is 16.7. The first-order chi connectivity index (χ1) is 17.9. The van der Waals surface area contributed by atoms with Gasteiger partial charge < -0.3 is 24.5 Å². The highest BCUT2D eigenvalue weighted by Crippen LogP contribution is 2.38. The van der Waals surface area contributed by atoms with Gasteiger partial charge in [-0.1, -0.05) is 78.0 Å². The van der Waals surface area contributed by atoms with Crippen LogP contribution in [0.1, 0.15) is 22.7 Å². The molecule has 0 bridgehead atoms. The lowest BCUT2D eigenvalue weighted by Gasteiger charge is -2.44. The van der Waals surface area contributed by atoms with Crippen molar-refractivity contribution in [3.8, 4) is 5.75 Å². The summed E-state index contributed by atoms with van der Waals surface area (Å²) in [6.45, 7) is 0.188. The van der Waals surface area contributed by atoms with Gasteiger partial charge in [-0.2, -0.15) is 0 Å². The second-order valence-corrected chi connectivity index (χ2v) is 8.83. The molecule has 1 N–H and O–H groups in total. The Labute approximate surface area is 229 Å². The highest BCUT2D eigenvalue weighted by atomic mass is 35.5. The van der Waals surface area contributed by atoms with E-state index in [1.54, 1.807) is 44.5 Å². The number of aliphatic hydroxyl groups is 1. The van der Waals surface area contributed by atoms with Gasteiger partial charge in [0, 0.05) is 20.3 Å². The maximum atomic E-state index is 13.2. The Hall–Kier alpha value is -4.07. The van der Waals surface area contributed by atoms with Crippen LogP contribution in [0.3, 0.4) is 0 Å². The number of oxime groups is 1. The Morgan fingerprint density at radius 1 is 1.00 bits per heavy atom. The van der Waals surface area contributed by atoms with E-state index in [4.69, 9.17) is 9.57 Å². The average molecular weight is 534 g/mol. The molecule has 1 atom stereocenters. The molecule has 1 amide bonds. The molecule has 0 saturated heterocycles. The minimum atomic E-state index is -1.88. The van der Waals surface area contributed by atoms with Crippen molar-refractivity contribution in [3.05, 3.63) is 126 Å². The number of carbonyl (C=O) groups excluding carboxylic acids is 1. The molecule has 0 saturated carbocycles. The molecule has 38 heavy (non-hydrogen) atoms. The Bertz CT molecular complexity index is 1240. The van der Waals surface area contributed by atoms with E-state index < -0.39 is 11.8 Å². The van der Waals surface area contributed by atoms with Crippen LogP contribution in [0.15, 0.2) is 114 Å². The number of amides is 1. The second kappa shape index (κ2) is 12.9. The molecule has 198 valence electrons. The van der Waals surface area contributed by atoms with Crippen molar-refractivity contribution in [1.82, 2.24) is 9.80 Å². The zero-order chi connectivity index (χ0) is 26.3. The van der Waals surface area contributed by atoms with Crippen molar-refractivity contribution >= 4 is 24.5 Å². The largest absolute Gasteiger partial charge is 0.497 e. The smallest absolute Gasteiger partial charge is 0.254 e. The summed E-state index contributed by atoms with van der Waals surface area (Å²) in [5, 5.41) is 16.3. The summed E-state index contributed by atoms with van der Waals surface area (Å²) in [5.41, 5.74) is 1.06. The zero-order valence-corrected chi connectivity index (χ0v) is 22.4. The van der Waals surface area contributed by atoms with Gasteiger partial charge in [0.15, 0.2) is 0 Å². The van der Waals surface area contributed by atoms with Crippen LogP contribution in [0.25, 0.3) is 0 Å². The minimum absolute atomic E-state index is 0. The number of carbonyl (C=O) groups is 1. The van der Waals surface area contributed by atoms with Gasteiger partial charge in [-0.25, -0.2) is 0 Å². The summed E-state index contributed by atoms with van der Waals surface area (Å²) in [4.78, 5) is 21.9. The summed E-state index contributed by atoms with van der Waals surface area (Å²) in [5.74, 6) is 0.411. The minimum Gasteiger partial charge on any atom is -0.497 e. The van der Waals surface area contributed by atoms with Gasteiger partial charge in [-0.3, -0.25) is 4.79 Å². The molecule has 1 unspecified atom stereocenters. The fourth-order valence-electron chi connectivity index (χ4n) is 4.22. The van der Waals surface area contributed by atoms with E-state index >= 15 is 0 Å². The maximum absolute atomic E-state index is 13.2. The van der Waals surface area contributed by atoms with Gasteiger partial charge >= 0.3 is 0 Å². The van der Waals surface area contributed by atoms with Crippen LogP contribution in [-0.4, -0.2) is 54.0 Å². The first-order valence-corrected chi connectivity index (χ1v) is 11.9. The Balaban J connectivity index is 0.00000400. The monoisotopic (exact) mass is 533 g/mol. The van der Waals surface area contributed by atoms with Gasteiger partial charge in [0.25, 0.3) is 5.91 Å². The number of likely N-dealkylation sites (N-methyl/N-ethyl adjacent to an activating group) is 1. The molecule has 0 spiro atoms. The highest BCUT2D eigenvalue weighted by Gasteiger charge is 2.45. The van der Waals surface area contributed by atoms with Gasteiger partial charge in [0.2, 0.25) is 5.72 Å². The third-order valence-electron chi connectivity index (χ3n) is 6.14. The van der Waals surface area contributed by atoms with Crippen LogP contribution in [0.4, 0.5) is 0 Å². The van der Waals surface area contributed by atoms with Crippen LogP contribution in [-0.2, 0) is 16.2 Å². The fourth-order valence-corrected chi connectivity index (χ4v) is 4.22. The number of allylic oxidation sites excluding steroid dienone is 2. The Morgan fingerprint density at radius 3 is 2.11 bits per heavy atom. The highest BCUT2D eigenvalue weighted by molar-refractivity contribution is 6.01. The van der Waals surface area contributed by atoms with Crippen molar-refractivity contribution in [2.75, 3.05) is 21.2 Å². The number of methoxy groups -OCH3 is 1. The van der Waals surface area contributed by atoms with Crippen molar-refractivity contribution in [2.45, 2.75) is 18.4 Å². The average Bonchev–Trinajstić information content (AvgIpc) is 2.93. The number of hydrogen-bond acceptors (Lipinski definition) is 6. The molecule has 3 aromatic rings. The lowest BCUT2D eigenvalue weighted by Crippen LogP contribution is -2.55. The molecular formula is C30H32ClN3O4. The summed E-state index contributed by atoms with van der Waals surface area (Å²) in [7, 11) is 4.91. The summed E-state index contributed by atoms with van der Waals surface area (Å²) in [6.07, 6.45) is 6.43. The molecule has 1 aliphatic rings. The molecule has 1 aliphatic heterocycles. The SMILES string of the molecule is COc1ccc(CON=CC2(O)C(C(=O)N(C)C)=CC=CN2C(c2ccccc2)c2ccccc2)cc1.Cl. The van der Waals surface area contributed by atoms with Gasteiger partial charge in [0.05, 0.1) is 18.7 Å². The topological polar surface area (TPSA) is 74.6 Å². The summed E-state index contributed by atoms with van der Waals surface area (Å²) < 4.78 is 5.19. The molecule has 0 aromatic heterocycles. The molecular weight excluding hydrogens is 502 g/mol. The number of halogens is 1. The maximum Gasteiger partial charge on any atom is 0.254 e. The third-order valence-corrected chi connectivity index (χ3v) is 6.14. The van der Waals surface area contributed by atoms with Gasteiger partial charge in [-0.15, -0.1) is 12.4 Å². The fraction of sp³-hybridized carbons (Fsp3) is 0.200. The lowest BCUT2D eigenvalue weighted by atomic mass is 9.90. The zero-order valence-electron chi connectivity index (χ0n) is 21.6. The summed E-state index contributed by atoms with van der Waals surface area (Å²) in [6, 6.07) is 26.7. The molecule has 0 fully saturated rings. The van der Waals surface area contributed by atoms with Crippen LogP contribution in [0, 0.1) is 0 Å². The quantitative estimate of drug-likeness (QED) is 0.311. The predicted octanol–water partition coefficient (Wildman–Crippen LogP) is 4.94. The van der Waals surface area contributed by atoms with E-state index in [0.717, 1.165) is 22.4 Å². The van der Waals surface area contributed by atoms with E-state index in [0.29, 0.717) is 0 Å². The lowest BCUT2D eigenvalue weighted by molar-refractivity contribution is -0.128. The Kier molecular flexibility index (Phi) is 9.71. The van der Waals surface area contributed by atoms with Crippen molar-refractivity contribution in [1.29, 1.82) is 0 Å². The number of hydrogen-bond donors (Lipinski definition) is 1. The summed E-state index contributed by atoms with van der Waals surface area (Å²) >= 11 is 0. The number of benzene rings is 3. The molecule has 3 aromatic carbocycles. The second-order valence-electron chi connectivity index (χ2n) is 8.83. The van der Waals surface area contributed by atoms with Crippen molar-refractivity contribution < 1.29 is 19.5 Å². The van der Waals surface area contributed by atoms with Gasteiger partial charge in [0.1, 0.15) is 18.6 Å². The standard InChI is InChI=1S/C30H31N3O4.ClH/c1-32(2)29(34)27-15-10-20-33(28(24-11-6-4-7-12-24)25-13-8-5-9-14-25)30(27,35)22-31-37-21-23-16-18-26(36-3)19-17-23;/h4-20,22,28,35H,21H2,1-3H3;1H. The van der Waals surface area contributed by atoms with Gasteiger partial charge in [-0.05, 0) is 41.0 Å². The number of nitrogens with zero attached hydrogens (tertiary/aromatic N) is 3. The van der Waals surface area contributed by atoms with E-state index in [1.807, 2.05) is 84.9 Å². The van der Waals surface area contributed by atoms with Crippen LogP contribution in [0.5, 0.6) is 5.75 Å². The molecule has 0 radical (unpaired) electrons. The molecule has 0 aliphatic carbocycles. The van der Waals surface area contributed by atoms with E-state index in [-0.39, 0.29) is 30.5 Å². The predicted molar refractivity (Wildman–Crippen MR) is 151 cm³/mol. The first kappa shape index (κ1) is 28.5. The van der Waals surface area contributed by atoms with Crippen LogP contribution in [0.2, 0.25) is 0 Å². The first-order valence-electron chi connectivity index (χ1n) is 11.9. The van der Waals surface area contributed by atoms with Crippen LogP contribution >= 0.6 is 12.4 Å². The third kappa shape index (κ3) is 6.25. The Morgan fingerprint density at radius 2 is 1.58 bits per heavy atom. The molecule has 8 heteroatoms. The number of ether oxygens (including phenoxy) is 1. The van der Waals surface area contributed by atoms with E-state index in [2.05, 4.69) is 5.16 Å². The number of rotatable bonds is 9. The van der Waals surface area contributed by atoms with Crippen molar-refractivity contribution in [2.24, 2.45) is 5.16 Å². The molecule has 4 rings (SSSR count). The van der Waals surface area contributed by atoms with E-state index in [9.17, 15) is 9.90 Å². The van der Waals surface area contributed by atoms with Crippen LogP contribution < -0.4 is 4.74 Å².